The summed E-state index contributed by atoms with van der Waals surface area (Å²) in [7, 11) is 0. The molecule has 0 N–H and O–H groups in total. The van der Waals surface area contributed by atoms with Crippen LogP contribution in [0.4, 0.5) is 34.1 Å². The molecule has 0 aromatic heterocycles. The summed E-state index contributed by atoms with van der Waals surface area (Å²) in [5, 5.41) is 0. The van der Waals surface area contributed by atoms with Gasteiger partial charge in [-0.05, 0) is 163 Å². The van der Waals surface area contributed by atoms with Gasteiger partial charge < -0.3 is 9.80 Å². The highest BCUT2D eigenvalue weighted by Crippen LogP contribution is 2.64. The standard InChI is InChI=1S/C61H70N2/c1-36-26-52-55-53(27-36)63(49-32-46-44(28-37(49)2)58(9,10)34-60(46,13)14)50-30-40(57(6,7)8)22-24-41(50)54(55)43-31-45-47(61(15,16)35-59(45,11)12)33-51(43)62(52)48-25-23-39(56(3,4)5)29-42(48)38-20-18-17-19-21-38/h17-33,54H,34-35H2,1-16H3. The largest absolute Gasteiger partial charge is 0.310 e. The minimum absolute atomic E-state index is 0.000486. The Labute approximate surface area is 379 Å². The normalized spacial score (nSPS) is 19.6. The van der Waals surface area contributed by atoms with Gasteiger partial charge in [-0.15, -0.1) is 0 Å². The average Bonchev–Trinajstić information content (AvgIpc) is 3.49. The fourth-order valence-electron chi connectivity index (χ4n) is 13.0. The molecule has 1 unspecified atom stereocenters. The van der Waals surface area contributed by atoms with Crippen molar-refractivity contribution in [1.82, 2.24) is 0 Å². The van der Waals surface area contributed by atoms with Gasteiger partial charge in [-0.25, -0.2) is 0 Å². The molecule has 1 atom stereocenters. The summed E-state index contributed by atoms with van der Waals surface area (Å²) in [6.45, 7) is 38.4. The molecule has 2 aliphatic carbocycles. The second-order valence-electron chi connectivity index (χ2n) is 24.7. The number of benzene rings is 6. The van der Waals surface area contributed by atoms with Crippen LogP contribution in [0.3, 0.4) is 0 Å². The summed E-state index contributed by atoms with van der Waals surface area (Å²) in [4.78, 5) is 5.37. The van der Waals surface area contributed by atoms with Crippen molar-refractivity contribution in [3.8, 4) is 11.1 Å². The van der Waals surface area contributed by atoms with Gasteiger partial charge in [0.25, 0.3) is 0 Å². The van der Waals surface area contributed by atoms with E-state index < -0.39 is 0 Å². The molecule has 10 rings (SSSR count). The molecule has 0 bridgehead atoms. The second-order valence-corrected chi connectivity index (χ2v) is 24.7. The molecule has 0 fully saturated rings. The Morgan fingerprint density at radius 2 is 0.921 bits per heavy atom. The first-order valence-corrected chi connectivity index (χ1v) is 23.7. The van der Waals surface area contributed by atoms with Crippen molar-refractivity contribution in [2.45, 2.75) is 162 Å². The highest BCUT2D eigenvalue weighted by atomic mass is 15.2. The maximum Gasteiger partial charge on any atom is 0.0540 e. The van der Waals surface area contributed by atoms with Gasteiger partial charge >= 0.3 is 0 Å². The molecule has 2 heterocycles. The number of nitrogens with zero attached hydrogens (tertiary/aromatic N) is 2. The number of hydrogen-bond acceptors (Lipinski definition) is 2. The van der Waals surface area contributed by atoms with Crippen LogP contribution in [0.5, 0.6) is 0 Å². The third-order valence-electron chi connectivity index (χ3n) is 15.7. The average molecular weight is 831 g/mol. The maximum absolute atomic E-state index is 2.69. The third-order valence-corrected chi connectivity index (χ3v) is 15.7. The van der Waals surface area contributed by atoms with Crippen LogP contribution in [-0.2, 0) is 32.5 Å². The summed E-state index contributed by atoms with van der Waals surface area (Å²) in [6, 6.07) is 41.3. The molecule has 0 saturated carbocycles. The Hall–Kier alpha value is -5.08. The summed E-state index contributed by atoms with van der Waals surface area (Å²) >= 11 is 0. The molecule has 4 aliphatic rings. The van der Waals surface area contributed by atoms with Gasteiger partial charge in [-0.2, -0.15) is 0 Å². The van der Waals surface area contributed by atoms with Crippen molar-refractivity contribution in [3.63, 3.8) is 0 Å². The fraction of sp³-hybridized carbons (Fsp3) is 0.410. The predicted molar refractivity (Wildman–Crippen MR) is 270 cm³/mol. The molecule has 6 aromatic rings. The van der Waals surface area contributed by atoms with Crippen LogP contribution >= 0.6 is 0 Å². The van der Waals surface area contributed by atoms with E-state index in [2.05, 4.69) is 224 Å². The van der Waals surface area contributed by atoms with Gasteiger partial charge in [0.05, 0.1) is 28.4 Å². The Bertz CT molecular complexity index is 2880. The van der Waals surface area contributed by atoms with Gasteiger partial charge in [-0.1, -0.05) is 158 Å². The van der Waals surface area contributed by atoms with Crippen molar-refractivity contribution in [1.29, 1.82) is 0 Å². The van der Waals surface area contributed by atoms with Crippen molar-refractivity contribution in [3.05, 3.63) is 164 Å². The lowest BCUT2D eigenvalue weighted by Gasteiger charge is -2.47. The maximum atomic E-state index is 2.69. The van der Waals surface area contributed by atoms with Gasteiger partial charge in [0.2, 0.25) is 0 Å². The highest BCUT2D eigenvalue weighted by molar-refractivity contribution is 6.00. The van der Waals surface area contributed by atoms with Crippen LogP contribution in [0.25, 0.3) is 11.1 Å². The fourth-order valence-corrected chi connectivity index (χ4v) is 13.0. The van der Waals surface area contributed by atoms with Gasteiger partial charge in [0.15, 0.2) is 0 Å². The molecule has 0 spiro atoms. The SMILES string of the molecule is Cc1cc2c3c(c1)N(c1ccc(C(C)(C)C)cc1-c1ccccc1)c1cc4c(cc1C3c1ccc(C(C)(C)C)cc1N2c1cc2c(cc1C)C(C)(C)CC2(C)C)C(C)(C)CC4(C)C. The van der Waals surface area contributed by atoms with Crippen molar-refractivity contribution < 1.29 is 0 Å². The lowest BCUT2D eigenvalue weighted by atomic mass is 9.72. The molecule has 324 valence electrons. The quantitative estimate of drug-likeness (QED) is 0.175. The summed E-state index contributed by atoms with van der Waals surface area (Å²) in [5.41, 5.74) is 26.0. The molecule has 0 saturated heterocycles. The summed E-state index contributed by atoms with van der Waals surface area (Å²) in [5.74, 6) is 0.0612. The van der Waals surface area contributed by atoms with Crippen molar-refractivity contribution in [2.24, 2.45) is 0 Å². The van der Waals surface area contributed by atoms with Crippen LogP contribution in [0.1, 0.15) is 177 Å². The van der Waals surface area contributed by atoms with Crippen LogP contribution in [0.15, 0.2) is 103 Å². The van der Waals surface area contributed by atoms with Crippen LogP contribution in [0.2, 0.25) is 0 Å². The minimum Gasteiger partial charge on any atom is -0.310 e. The molecule has 2 aliphatic heterocycles. The summed E-state index contributed by atoms with van der Waals surface area (Å²) in [6.07, 6.45) is 2.27. The van der Waals surface area contributed by atoms with E-state index in [9.17, 15) is 0 Å². The first kappa shape index (κ1) is 41.9. The smallest absolute Gasteiger partial charge is 0.0540 e. The van der Waals surface area contributed by atoms with Gasteiger partial charge in [0.1, 0.15) is 0 Å². The van der Waals surface area contributed by atoms with E-state index in [0.717, 1.165) is 12.8 Å². The zero-order valence-electron chi connectivity index (χ0n) is 41.2. The zero-order valence-corrected chi connectivity index (χ0v) is 41.2. The van der Waals surface area contributed by atoms with Crippen molar-refractivity contribution >= 4 is 34.1 Å². The molecule has 0 amide bonds. The topological polar surface area (TPSA) is 6.48 Å². The number of anilines is 6. The molecular formula is C61H70N2. The van der Waals surface area contributed by atoms with Crippen LogP contribution < -0.4 is 9.80 Å². The third kappa shape index (κ3) is 6.31. The van der Waals surface area contributed by atoms with Gasteiger partial charge in [0, 0.05) is 22.7 Å². The Morgan fingerprint density at radius 1 is 0.444 bits per heavy atom. The van der Waals surface area contributed by atoms with Gasteiger partial charge in [-0.3, -0.25) is 0 Å². The van der Waals surface area contributed by atoms with Crippen LogP contribution in [0, 0.1) is 13.8 Å². The number of rotatable bonds is 3. The Kier molecular flexibility index (Phi) is 8.81. The number of fused-ring (bicyclic) bond motifs is 6. The Morgan fingerprint density at radius 3 is 1.49 bits per heavy atom. The zero-order chi connectivity index (χ0) is 45.1. The summed E-state index contributed by atoms with van der Waals surface area (Å²) < 4.78 is 0. The molecule has 63 heavy (non-hydrogen) atoms. The lowest BCUT2D eigenvalue weighted by molar-refractivity contribution is 0.402. The molecular weight excluding hydrogens is 761 g/mol. The monoisotopic (exact) mass is 831 g/mol. The van der Waals surface area contributed by atoms with E-state index in [1.807, 2.05) is 0 Å². The first-order valence-electron chi connectivity index (χ1n) is 23.7. The van der Waals surface area contributed by atoms with E-state index in [1.165, 1.54) is 106 Å². The lowest BCUT2D eigenvalue weighted by Crippen LogP contribution is -2.31. The molecule has 6 aromatic carbocycles. The highest BCUT2D eigenvalue weighted by Gasteiger charge is 2.48. The van der Waals surface area contributed by atoms with E-state index in [-0.39, 0.29) is 38.4 Å². The van der Waals surface area contributed by atoms with E-state index >= 15 is 0 Å². The van der Waals surface area contributed by atoms with E-state index in [4.69, 9.17) is 0 Å². The van der Waals surface area contributed by atoms with E-state index in [1.54, 1.807) is 0 Å². The number of aryl methyl sites for hydroxylation is 2. The van der Waals surface area contributed by atoms with E-state index in [0.29, 0.717) is 0 Å². The Balaban J connectivity index is 1.34. The van der Waals surface area contributed by atoms with Crippen molar-refractivity contribution in [2.75, 3.05) is 9.80 Å². The number of hydrogen-bond donors (Lipinski definition) is 0. The first-order chi connectivity index (χ1) is 29.3. The predicted octanol–water partition coefficient (Wildman–Crippen LogP) is 17.2. The van der Waals surface area contributed by atoms with Crippen LogP contribution in [-0.4, -0.2) is 0 Å². The second kappa shape index (κ2) is 13.2. The molecule has 2 heteroatoms. The minimum atomic E-state index is -0.0114. The molecule has 2 nitrogen and oxygen atoms in total. The molecule has 0 radical (unpaired) electrons.